The van der Waals surface area contributed by atoms with Crippen molar-refractivity contribution in [1.82, 2.24) is 20.0 Å². The number of hydrogen-bond acceptors (Lipinski definition) is 4. The average molecular weight is 475 g/mol. The fraction of sp³-hybridized carbons (Fsp3) is 0.192. The molecular weight excluding hydrogens is 451 g/mol. The van der Waals surface area contributed by atoms with Gasteiger partial charge in [-0.15, -0.1) is 11.3 Å². The second-order valence-corrected chi connectivity index (χ2v) is 9.09. The lowest BCUT2D eigenvalue weighted by Crippen LogP contribution is -2.45. The number of likely N-dealkylation sites (tertiary alicyclic amines) is 1. The highest BCUT2D eigenvalue weighted by atomic mass is 32.1. The van der Waals surface area contributed by atoms with Crippen LogP contribution in [0.25, 0.3) is 16.9 Å². The van der Waals surface area contributed by atoms with Crippen molar-refractivity contribution in [3.8, 4) is 16.9 Å². The molecule has 0 aliphatic carbocycles. The third-order valence-corrected chi connectivity index (χ3v) is 6.79. The number of thiophene rings is 1. The molecule has 0 bridgehead atoms. The molecule has 1 atom stereocenters. The molecule has 172 valence electrons. The van der Waals surface area contributed by atoms with Crippen molar-refractivity contribution in [2.24, 2.45) is 0 Å². The van der Waals surface area contributed by atoms with E-state index in [1.165, 1.54) is 23.5 Å². The fourth-order valence-corrected chi connectivity index (χ4v) is 4.91. The number of rotatable bonds is 6. The van der Waals surface area contributed by atoms with Crippen LogP contribution >= 0.6 is 11.3 Å². The minimum absolute atomic E-state index is 0.100. The summed E-state index contributed by atoms with van der Waals surface area (Å²) in [5.41, 5.74) is 3.11. The molecule has 34 heavy (non-hydrogen) atoms. The van der Waals surface area contributed by atoms with Crippen LogP contribution in [0.3, 0.4) is 0 Å². The molecule has 1 aliphatic heterocycles. The van der Waals surface area contributed by atoms with Gasteiger partial charge in [-0.05, 0) is 60.7 Å². The van der Waals surface area contributed by atoms with E-state index < -0.39 is 6.04 Å². The van der Waals surface area contributed by atoms with E-state index in [1.807, 2.05) is 48.0 Å². The Morgan fingerprint density at radius 2 is 1.85 bits per heavy atom. The number of amides is 2. The van der Waals surface area contributed by atoms with Crippen molar-refractivity contribution in [3.63, 3.8) is 0 Å². The predicted molar refractivity (Wildman–Crippen MR) is 129 cm³/mol. The molecule has 4 aromatic rings. The minimum atomic E-state index is -0.493. The van der Waals surface area contributed by atoms with Gasteiger partial charge in [-0.25, -0.2) is 9.07 Å². The van der Waals surface area contributed by atoms with Gasteiger partial charge in [0.05, 0.1) is 16.3 Å². The van der Waals surface area contributed by atoms with Gasteiger partial charge < -0.3 is 10.2 Å². The van der Waals surface area contributed by atoms with Crippen molar-refractivity contribution in [2.45, 2.75) is 25.4 Å². The summed E-state index contributed by atoms with van der Waals surface area (Å²) in [6.07, 6.45) is 3.30. The van der Waals surface area contributed by atoms with Crippen molar-refractivity contribution < 1.29 is 14.0 Å². The van der Waals surface area contributed by atoms with E-state index in [2.05, 4.69) is 5.32 Å². The van der Waals surface area contributed by atoms with E-state index in [1.54, 1.807) is 27.8 Å². The van der Waals surface area contributed by atoms with E-state index in [0.29, 0.717) is 23.5 Å². The topological polar surface area (TPSA) is 67.2 Å². The third-order valence-electron chi connectivity index (χ3n) is 5.93. The maximum Gasteiger partial charge on any atom is 0.264 e. The summed E-state index contributed by atoms with van der Waals surface area (Å²) in [5, 5.41) is 9.57. The Hall–Kier alpha value is -3.78. The zero-order valence-corrected chi connectivity index (χ0v) is 19.2. The van der Waals surface area contributed by atoms with Gasteiger partial charge in [-0.2, -0.15) is 5.10 Å². The molecule has 0 spiro atoms. The van der Waals surface area contributed by atoms with Crippen LogP contribution in [0.4, 0.5) is 4.39 Å². The molecule has 2 amide bonds. The zero-order valence-electron chi connectivity index (χ0n) is 18.4. The Bertz CT molecular complexity index is 1290. The van der Waals surface area contributed by atoms with E-state index in [-0.39, 0.29) is 24.2 Å². The van der Waals surface area contributed by atoms with Crippen LogP contribution in [0.15, 0.2) is 78.3 Å². The van der Waals surface area contributed by atoms with Crippen molar-refractivity contribution in [2.75, 3.05) is 6.54 Å². The molecule has 2 aromatic carbocycles. The number of nitrogens with zero attached hydrogens (tertiary/aromatic N) is 3. The number of carbonyl (C=O) groups excluding carboxylic acids is 2. The molecular formula is C26H23FN4O2S. The highest BCUT2D eigenvalue weighted by Crippen LogP contribution is 2.25. The Kier molecular flexibility index (Phi) is 6.22. The van der Waals surface area contributed by atoms with Crippen LogP contribution in [0.1, 0.15) is 28.1 Å². The molecule has 0 saturated carbocycles. The second kappa shape index (κ2) is 9.61. The highest BCUT2D eigenvalue weighted by molar-refractivity contribution is 7.12. The molecule has 1 aliphatic rings. The number of hydrogen-bond donors (Lipinski definition) is 1. The smallest absolute Gasteiger partial charge is 0.264 e. The van der Waals surface area contributed by atoms with Crippen LogP contribution in [-0.2, 0) is 11.3 Å². The van der Waals surface area contributed by atoms with Gasteiger partial charge in [-0.1, -0.05) is 24.3 Å². The maximum atomic E-state index is 13.5. The predicted octanol–water partition coefficient (Wildman–Crippen LogP) is 4.66. The van der Waals surface area contributed by atoms with E-state index in [0.717, 1.165) is 23.2 Å². The summed E-state index contributed by atoms with van der Waals surface area (Å²) in [6.45, 7) is 0.817. The summed E-state index contributed by atoms with van der Waals surface area (Å²) < 4.78 is 15.2. The quantitative estimate of drug-likeness (QED) is 0.442. The van der Waals surface area contributed by atoms with Crippen molar-refractivity contribution in [1.29, 1.82) is 0 Å². The number of carbonyl (C=O) groups is 2. The normalized spacial score (nSPS) is 15.4. The van der Waals surface area contributed by atoms with Crippen molar-refractivity contribution >= 4 is 23.2 Å². The summed E-state index contributed by atoms with van der Waals surface area (Å²) in [5.74, 6) is -0.603. The number of halogens is 1. The SMILES string of the molecule is O=C(NCc1cn(-c2ccccc2)nc1-c1ccc(F)cc1)[C@@H]1CCCN1C(=O)c1cccs1. The number of benzene rings is 2. The molecule has 1 saturated heterocycles. The Morgan fingerprint density at radius 3 is 2.59 bits per heavy atom. The zero-order chi connectivity index (χ0) is 23.5. The largest absolute Gasteiger partial charge is 0.350 e. The molecule has 1 N–H and O–H groups in total. The van der Waals surface area contributed by atoms with Gasteiger partial charge in [0, 0.05) is 30.4 Å². The van der Waals surface area contributed by atoms with Crippen LogP contribution in [0, 0.1) is 5.82 Å². The van der Waals surface area contributed by atoms with Gasteiger partial charge in [0.25, 0.3) is 5.91 Å². The summed E-state index contributed by atoms with van der Waals surface area (Å²) in [7, 11) is 0. The minimum Gasteiger partial charge on any atom is -0.350 e. The lowest BCUT2D eigenvalue weighted by molar-refractivity contribution is -0.125. The monoisotopic (exact) mass is 474 g/mol. The summed E-state index contributed by atoms with van der Waals surface area (Å²) >= 11 is 1.38. The van der Waals surface area contributed by atoms with E-state index >= 15 is 0 Å². The van der Waals surface area contributed by atoms with E-state index in [9.17, 15) is 14.0 Å². The molecule has 1 fully saturated rings. The maximum absolute atomic E-state index is 13.5. The Balaban J connectivity index is 1.37. The number of aromatic nitrogens is 2. The van der Waals surface area contributed by atoms with Crippen LogP contribution in [0.5, 0.6) is 0 Å². The summed E-state index contributed by atoms with van der Waals surface area (Å²) in [6, 6.07) is 18.9. The number of para-hydroxylation sites is 1. The van der Waals surface area contributed by atoms with Crippen LogP contribution < -0.4 is 5.32 Å². The average Bonchev–Trinajstić information content (AvgIpc) is 3.64. The second-order valence-electron chi connectivity index (χ2n) is 8.14. The first-order valence-corrected chi connectivity index (χ1v) is 12.0. The molecule has 8 heteroatoms. The van der Waals surface area contributed by atoms with E-state index in [4.69, 9.17) is 5.10 Å². The lowest BCUT2D eigenvalue weighted by Gasteiger charge is -2.23. The summed E-state index contributed by atoms with van der Waals surface area (Å²) in [4.78, 5) is 28.2. The highest BCUT2D eigenvalue weighted by Gasteiger charge is 2.34. The molecule has 6 nitrogen and oxygen atoms in total. The van der Waals surface area contributed by atoms with Crippen molar-refractivity contribution in [3.05, 3.63) is 94.6 Å². The van der Waals surface area contributed by atoms with Crippen LogP contribution in [-0.4, -0.2) is 39.1 Å². The number of nitrogens with one attached hydrogen (secondary N) is 1. The fourth-order valence-electron chi connectivity index (χ4n) is 4.23. The molecule has 0 radical (unpaired) electrons. The molecule has 5 rings (SSSR count). The van der Waals surface area contributed by atoms with Gasteiger partial charge in [0.2, 0.25) is 5.91 Å². The first kappa shape index (κ1) is 22.0. The molecule has 2 aromatic heterocycles. The Morgan fingerprint density at radius 1 is 1.06 bits per heavy atom. The first-order chi connectivity index (χ1) is 16.6. The molecule has 0 unspecified atom stereocenters. The Labute approximate surface area is 200 Å². The van der Waals surface area contributed by atoms with Crippen LogP contribution in [0.2, 0.25) is 0 Å². The van der Waals surface area contributed by atoms with Gasteiger partial charge >= 0.3 is 0 Å². The standard InChI is InChI=1S/C26H23FN4O2S/c27-20-12-10-18(11-13-20)24-19(17-31(29-24)21-6-2-1-3-7-21)16-28-25(32)22-8-4-14-30(22)26(33)23-9-5-15-34-23/h1-3,5-7,9-13,15,17,22H,4,8,14,16H2,(H,28,32)/t22-/m0/s1. The first-order valence-electron chi connectivity index (χ1n) is 11.1. The van der Waals surface area contributed by atoms with Gasteiger partial charge in [0.1, 0.15) is 11.9 Å². The van der Waals surface area contributed by atoms with Gasteiger partial charge in [0.15, 0.2) is 0 Å². The lowest BCUT2D eigenvalue weighted by atomic mass is 10.1. The van der Waals surface area contributed by atoms with Gasteiger partial charge in [-0.3, -0.25) is 9.59 Å². The third kappa shape index (κ3) is 4.49. The molecule has 3 heterocycles.